The van der Waals surface area contributed by atoms with Gasteiger partial charge in [0.15, 0.2) is 10.8 Å². The molecule has 2 amide bonds. The van der Waals surface area contributed by atoms with E-state index < -0.39 is 29.5 Å². The molecule has 0 saturated heterocycles. The number of nitrogens with zero attached hydrogens (tertiary/aromatic N) is 1. The van der Waals surface area contributed by atoms with Gasteiger partial charge in [-0.1, -0.05) is 0 Å². The van der Waals surface area contributed by atoms with Gasteiger partial charge in [0.25, 0.3) is 5.91 Å². The van der Waals surface area contributed by atoms with Gasteiger partial charge < -0.3 is 10.6 Å². The molecule has 0 bridgehead atoms. The van der Waals surface area contributed by atoms with Crippen molar-refractivity contribution in [2.75, 3.05) is 11.9 Å². The Kier molecular flexibility index (Phi) is 6.07. The van der Waals surface area contributed by atoms with Gasteiger partial charge in [0.05, 0.1) is 0 Å². The van der Waals surface area contributed by atoms with Crippen LogP contribution in [-0.4, -0.2) is 23.3 Å². The summed E-state index contributed by atoms with van der Waals surface area (Å²) in [5.41, 5.74) is -0.771. The van der Waals surface area contributed by atoms with Crippen molar-refractivity contribution in [2.45, 2.75) is 19.0 Å². The van der Waals surface area contributed by atoms with Crippen LogP contribution in [0.1, 0.15) is 28.9 Å². The van der Waals surface area contributed by atoms with Crippen LogP contribution in [0, 0.1) is 5.82 Å². The molecule has 1 aromatic carbocycles. The Morgan fingerprint density at radius 2 is 1.84 bits per heavy atom. The van der Waals surface area contributed by atoms with Gasteiger partial charge in [-0.2, -0.15) is 13.2 Å². The quantitative estimate of drug-likeness (QED) is 0.600. The Morgan fingerprint density at radius 1 is 1.16 bits per heavy atom. The van der Waals surface area contributed by atoms with Crippen LogP contribution >= 0.6 is 11.3 Å². The summed E-state index contributed by atoms with van der Waals surface area (Å²) in [6.07, 6.45) is -4.26. The summed E-state index contributed by atoms with van der Waals surface area (Å²) < 4.78 is 49.9. The third kappa shape index (κ3) is 5.82. The lowest BCUT2D eigenvalue weighted by Crippen LogP contribution is -2.25. The molecular formula is C15H13F4N3O2S. The summed E-state index contributed by atoms with van der Waals surface area (Å²) >= 11 is 0.684. The number of aromatic nitrogens is 1. The normalized spacial score (nSPS) is 11.2. The second-order valence-corrected chi connectivity index (χ2v) is 5.81. The minimum atomic E-state index is -4.55. The molecule has 0 aliphatic carbocycles. The Balaban J connectivity index is 1.71. The molecular weight excluding hydrogens is 362 g/mol. The maximum Gasteiger partial charge on any atom is 0.434 e. The first-order valence-electron chi connectivity index (χ1n) is 7.12. The number of carbonyl (C=O) groups is 2. The molecule has 1 heterocycles. The lowest BCUT2D eigenvalue weighted by Gasteiger charge is -2.05. The number of hydrogen-bond acceptors (Lipinski definition) is 4. The number of alkyl halides is 3. The van der Waals surface area contributed by atoms with Crippen molar-refractivity contribution >= 4 is 28.3 Å². The molecule has 0 aliphatic heterocycles. The third-order valence-corrected chi connectivity index (χ3v) is 3.77. The van der Waals surface area contributed by atoms with Crippen molar-refractivity contribution in [3.05, 3.63) is 46.7 Å². The van der Waals surface area contributed by atoms with Gasteiger partial charge in [0, 0.05) is 23.9 Å². The highest BCUT2D eigenvalue weighted by molar-refractivity contribution is 7.13. The molecule has 10 heteroatoms. The number of carbonyl (C=O) groups excluding carboxylic acids is 2. The predicted molar refractivity (Wildman–Crippen MR) is 83.7 cm³/mol. The van der Waals surface area contributed by atoms with Crippen LogP contribution in [0.25, 0.3) is 0 Å². The van der Waals surface area contributed by atoms with E-state index in [2.05, 4.69) is 15.6 Å². The van der Waals surface area contributed by atoms with Crippen molar-refractivity contribution in [3.63, 3.8) is 0 Å². The highest BCUT2D eigenvalue weighted by atomic mass is 32.1. The maximum absolute atomic E-state index is 12.7. The van der Waals surface area contributed by atoms with Crippen molar-refractivity contribution in [1.29, 1.82) is 0 Å². The average Bonchev–Trinajstić information content (AvgIpc) is 3.00. The Morgan fingerprint density at radius 3 is 2.44 bits per heavy atom. The summed E-state index contributed by atoms with van der Waals surface area (Å²) in [7, 11) is 0. The van der Waals surface area contributed by atoms with Crippen LogP contribution in [0.2, 0.25) is 0 Å². The van der Waals surface area contributed by atoms with E-state index in [-0.39, 0.29) is 30.1 Å². The number of nitrogens with one attached hydrogen (secondary N) is 2. The van der Waals surface area contributed by atoms with E-state index in [1.165, 1.54) is 12.1 Å². The molecule has 0 aliphatic rings. The molecule has 0 atom stereocenters. The largest absolute Gasteiger partial charge is 0.434 e. The molecule has 0 spiro atoms. The van der Waals surface area contributed by atoms with Crippen LogP contribution < -0.4 is 10.6 Å². The number of benzene rings is 1. The standard InChI is InChI=1S/C15H13F4N3O2S/c16-10-5-3-9(4-6-10)13(24)20-7-1-2-12(23)22-14-21-11(8-25-14)15(17,18)19/h3-6,8H,1-2,7H2,(H,20,24)(H,21,22,23). The van der Waals surface area contributed by atoms with Crippen molar-refractivity contribution in [2.24, 2.45) is 0 Å². The van der Waals surface area contributed by atoms with E-state index in [1.807, 2.05) is 0 Å². The molecule has 0 radical (unpaired) electrons. The molecule has 5 nitrogen and oxygen atoms in total. The topological polar surface area (TPSA) is 71.1 Å². The smallest absolute Gasteiger partial charge is 0.352 e. The zero-order valence-corrected chi connectivity index (χ0v) is 13.5. The number of anilines is 1. The average molecular weight is 375 g/mol. The van der Waals surface area contributed by atoms with E-state index in [4.69, 9.17) is 0 Å². The molecule has 0 saturated carbocycles. The number of rotatable bonds is 6. The van der Waals surface area contributed by atoms with Gasteiger partial charge in [0.2, 0.25) is 5.91 Å². The van der Waals surface area contributed by atoms with Gasteiger partial charge in [-0.05, 0) is 30.7 Å². The number of amides is 2. The molecule has 2 N–H and O–H groups in total. The second kappa shape index (κ2) is 8.06. The van der Waals surface area contributed by atoms with Crippen LogP contribution in [0.3, 0.4) is 0 Å². The highest BCUT2D eigenvalue weighted by Gasteiger charge is 2.33. The Labute approximate surface area is 144 Å². The van der Waals surface area contributed by atoms with Crippen molar-refractivity contribution < 1.29 is 27.2 Å². The first-order valence-corrected chi connectivity index (χ1v) is 8.00. The fourth-order valence-electron chi connectivity index (χ4n) is 1.80. The number of halogens is 4. The second-order valence-electron chi connectivity index (χ2n) is 4.95. The molecule has 134 valence electrons. The third-order valence-electron chi connectivity index (χ3n) is 3.01. The maximum atomic E-state index is 12.7. The van der Waals surface area contributed by atoms with Gasteiger partial charge in [-0.3, -0.25) is 9.59 Å². The summed E-state index contributed by atoms with van der Waals surface area (Å²) in [5, 5.41) is 5.52. The van der Waals surface area contributed by atoms with E-state index in [0.717, 1.165) is 17.5 Å². The minimum absolute atomic E-state index is 0.00459. The van der Waals surface area contributed by atoms with Crippen molar-refractivity contribution in [1.82, 2.24) is 10.3 Å². The predicted octanol–water partition coefficient (Wildman–Crippen LogP) is 3.45. The van der Waals surface area contributed by atoms with Crippen LogP contribution in [0.5, 0.6) is 0 Å². The van der Waals surface area contributed by atoms with Crippen LogP contribution in [0.15, 0.2) is 29.6 Å². The first kappa shape index (κ1) is 18.8. The molecule has 25 heavy (non-hydrogen) atoms. The van der Waals surface area contributed by atoms with E-state index in [9.17, 15) is 27.2 Å². The number of hydrogen-bond donors (Lipinski definition) is 2. The first-order chi connectivity index (χ1) is 11.8. The van der Waals surface area contributed by atoms with Gasteiger partial charge >= 0.3 is 6.18 Å². The lowest BCUT2D eigenvalue weighted by molar-refractivity contribution is -0.140. The highest BCUT2D eigenvalue weighted by Crippen LogP contribution is 2.31. The van der Waals surface area contributed by atoms with Gasteiger partial charge in [-0.25, -0.2) is 9.37 Å². The summed E-state index contributed by atoms with van der Waals surface area (Å²) in [6.45, 7) is 0.190. The van der Waals surface area contributed by atoms with E-state index in [1.54, 1.807) is 0 Å². The van der Waals surface area contributed by atoms with E-state index >= 15 is 0 Å². The SMILES string of the molecule is O=C(CCCNC(=O)c1ccc(F)cc1)Nc1nc(C(F)(F)F)cs1. The van der Waals surface area contributed by atoms with Crippen molar-refractivity contribution in [3.8, 4) is 0 Å². The van der Waals surface area contributed by atoms with Crippen LogP contribution in [-0.2, 0) is 11.0 Å². The molecule has 0 unspecified atom stereocenters. The summed E-state index contributed by atoms with van der Waals surface area (Å²) in [4.78, 5) is 26.7. The summed E-state index contributed by atoms with van der Waals surface area (Å²) in [6, 6.07) is 4.98. The zero-order chi connectivity index (χ0) is 18.4. The molecule has 1 aromatic heterocycles. The fraction of sp³-hybridized carbons (Fsp3) is 0.267. The molecule has 0 fully saturated rings. The van der Waals surface area contributed by atoms with Gasteiger partial charge in [-0.15, -0.1) is 11.3 Å². The monoisotopic (exact) mass is 375 g/mol. The number of thiazole rings is 1. The van der Waals surface area contributed by atoms with Crippen LogP contribution in [0.4, 0.5) is 22.7 Å². The Hall–Kier alpha value is -2.49. The van der Waals surface area contributed by atoms with E-state index in [0.29, 0.717) is 11.3 Å². The fourth-order valence-corrected chi connectivity index (χ4v) is 2.53. The van der Waals surface area contributed by atoms with Gasteiger partial charge in [0.1, 0.15) is 5.82 Å². The minimum Gasteiger partial charge on any atom is -0.352 e. The molecule has 2 rings (SSSR count). The lowest BCUT2D eigenvalue weighted by atomic mass is 10.2. The molecule has 2 aromatic rings. The Bertz CT molecular complexity index is 744. The summed E-state index contributed by atoms with van der Waals surface area (Å²) in [5.74, 6) is -1.36. The zero-order valence-electron chi connectivity index (χ0n) is 12.7.